The van der Waals surface area contributed by atoms with Crippen LogP contribution in [0.3, 0.4) is 0 Å². The van der Waals surface area contributed by atoms with Gasteiger partial charge in [-0.15, -0.1) is 0 Å². The Kier molecular flexibility index (Phi) is 6.62. The fourth-order valence-electron chi connectivity index (χ4n) is 2.21. The van der Waals surface area contributed by atoms with Gasteiger partial charge in [-0.05, 0) is 28.8 Å². The molecular weight excluding hydrogens is 286 g/mol. The highest BCUT2D eigenvalue weighted by Crippen LogP contribution is 2.18. The van der Waals surface area contributed by atoms with E-state index in [4.69, 9.17) is 0 Å². The largest absolute Gasteiger partial charge is 0.363 e. The van der Waals surface area contributed by atoms with Gasteiger partial charge in [-0.25, -0.2) is 0 Å². The van der Waals surface area contributed by atoms with Crippen LogP contribution in [-0.2, 0) is 4.79 Å². The Bertz CT molecular complexity index is 561. The fourth-order valence-corrected chi connectivity index (χ4v) is 2.21. The molecule has 0 unspecified atom stereocenters. The maximum atomic E-state index is 12.1. The van der Waals surface area contributed by atoms with Crippen LogP contribution in [0.4, 0.5) is 5.82 Å². The molecule has 1 aromatic rings. The van der Waals surface area contributed by atoms with Crippen LogP contribution in [0.25, 0.3) is 0 Å². The van der Waals surface area contributed by atoms with E-state index in [9.17, 15) is 19.7 Å². The molecule has 1 heterocycles. The maximum Gasteiger partial charge on any atom is 0.363 e. The normalized spacial score (nSPS) is 10.3. The Hall–Kier alpha value is -2.31. The number of nitro groups is 1. The molecule has 0 aliphatic heterocycles. The average Bonchev–Trinajstić information content (AvgIpc) is 2.42. The summed E-state index contributed by atoms with van der Waals surface area (Å²) in [6, 6.07) is 1.23. The van der Waals surface area contributed by atoms with Gasteiger partial charge in [0.15, 0.2) is 5.69 Å². The van der Waals surface area contributed by atoms with Crippen molar-refractivity contribution >= 4 is 17.6 Å². The summed E-state index contributed by atoms with van der Waals surface area (Å²) in [6.07, 6.45) is 4.13. The zero-order chi connectivity index (χ0) is 16.7. The summed E-state index contributed by atoms with van der Waals surface area (Å²) in [5, 5.41) is 13.0. The third-order valence-corrected chi connectivity index (χ3v) is 3.31. The van der Waals surface area contributed by atoms with Crippen LogP contribution in [0.15, 0.2) is 6.07 Å². The molecule has 120 valence electrons. The van der Waals surface area contributed by atoms with Crippen LogP contribution in [0.2, 0.25) is 0 Å². The molecule has 0 radical (unpaired) electrons. The number of pyridine rings is 1. The first-order valence-electron chi connectivity index (χ1n) is 7.33. The van der Waals surface area contributed by atoms with E-state index in [-0.39, 0.29) is 23.0 Å². The summed E-state index contributed by atoms with van der Waals surface area (Å²) in [4.78, 5) is 37.7. The van der Waals surface area contributed by atoms with Crippen LogP contribution in [0, 0.1) is 24.0 Å². The van der Waals surface area contributed by atoms with Crippen LogP contribution >= 0.6 is 0 Å². The van der Waals surface area contributed by atoms with Crippen LogP contribution in [0.5, 0.6) is 0 Å². The second kappa shape index (κ2) is 8.21. The molecule has 1 aromatic heterocycles. The van der Waals surface area contributed by atoms with E-state index in [0.717, 1.165) is 25.7 Å². The van der Waals surface area contributed by atoms with Gasteiger partial charge in [-0.3, -0.25) is 14.9 Å². The van der Waals surface area contributed by atoms with Gasteiger partial charge in [0, 0.05) is 19.4 Å². The van der Waals surface area contributed by atoms with Crippen LogP contribution in [-0.4, -0.2) is 21.7 Å². The van der Waals surface area contributed by atoms with Crippen molar-refractivity contribution in [1.82, 2.24) is 10.3 Å². The Morgan fingerprint density at radius 2 is 1.95 bits per heavy atom. The molecule has 0 fully saturated rings. The molecule has 0 aliphatic carbocycles. The lowest BCUT2D eigenvalue weighted by Gasteiger charge is -2.07. The molecule has 2 amide bonds. The average molecular weight is 307 g/mol. The highest BCUT2D eigenvalue weighted by molar-refractivity contribution is 6.06. The van der Waals surface area contributed by atoms with Crippen molar-refractivity contribution in [1.29, 1.82) is 0 Å². The van der Waals surface area contributed by atoms with Gasteiger partial charge in [0.2, 0.25) is 5.91 Å². The van der Waals surface area contributed by atoms with E-state index in [0.29, 0.717) is 12.0 Å². The minimum atomic E-state index is -0.611. The van der Waals surface area contributed by atoms with Gasteiger partial charge in [0.25, 0.3) is 5.91 Å². The topological polar surface area (TPSA) is 102 Å². The molecule has 0 saturated carbocycles. The first-order chi connectivity index (χ1) is 10.4. The summed E-state index contributed by atoms with van der Waals surface area (Å²) in [5.74, 6) is -1.20. The van der Waals surface area contributed by atoms with E-state index in [1.54, 1.807) is 6.92 Å². The van der Waals surface area contributed by atoms with Crippen LogP contribution in [0.1, 0.15) is 60.6 Å². The number of hydrogen-bond acceptors (Lipinski definition) is 5. The number of nitrogens with zero attached hydrogens (tertiary/aromatic N) is 2. The Morgan fingerprint density at radius 3 is 2.50 bits per heavy atom. The van der Waals surface area contributed by atoms with Crippen molar-refractivity contribution in [3.05, 3.63) is 33.0 Å². The Balaban J connectivity index is 2.73. The van der Waals surface area contributed by atoms with Crippen molar-refractivity contribution in [3.63, 3.8) is 0 Å². The quantitative estimate of drug-likeness (QED) is 0.474. The van der Waals surface area contributed by atoms with E-state index in [1.807, 2.05) is 0 Å². The number of aromatic nitrogens is 1. The SMILES string of the molecule is CCCCCCC(=O)NC(=O)c1c(C)cc([N+](=O)[O-])nc1C. The summed E-state index contributed by atoms with van der Waals surface area (Å²) in [7, 11) is 0. The number of imide groups is 1. The molecule has 7 heteroatoms. The predicted molar refractivity (Wildman–Crippen MR) is 81.6 cm³/mol. The second-order valence-electron chi connectivity index (χ2n) is 5.20. The summed E-state index contributed by atoms with van der Waals surface area (Å²) in [5.41, 5.74) is 0.881. The maximum absolute atomic E-state index is 12.1. The molecule has 1 rings (SSSR count). The summed E-state index contributed by atoms with van der Waals surface area (Å²) >= 11 is 0. The minimum Gasteiger partial charge on any atom is -0.358 e. The Morgan fingerprint density at radius 1 is 1.27 bits per heavy atom. The highest BCUT2D eigenvalue weighted by Gasteiger charge is 2.22. The third-order valence-electron chi connectivity index (χ3n) is 3.31. The van der Waals surface area contributed by atoms with Crippen molar-refractivity contribution < 1.29 is 14.5 Å². The van der Waals surface area contributed by atoms with E-state index in [2.05, 4.69) is 17.2 Å². The second-order valence-corrected chi connectivity index (χ2v) is 5.20. The molecule has 1 N–H and O–H groups in total. The molecule has 0 saturated heterocycles. The van der Waals surface area contributed by atoms with Gasteiger partial charge in [0.05, 0.1) is 5.56 Å². The van der Waals surface area contributed by atoms with Crippen LogP contribution < -0.4 is 5.32 Å². The van der Waals surface area contributed by atoms with Gasteiger partial charge in [0.1, 0.15) is 0 Å². The summed E-state index contributed by atoms with van der Waals surface area (Å²) in [6.45, 7) is 5.18. The van der Waals surface area contributed by atoms with Crippen molar-refractivity contribution in [2.75, 3.05) is 0 Å². The van der Waals surface area contributed by atoms with E-state index < -0.39 is 10.8 Å². The summed E-state index contributed by atoms with van der Waals surface area (Å²) < 4.78 is 0. The molecule has 0 aromatic carbocycles. The number of carbonyl (C=O) groups is 2. The highest BCUT2D eigenvalue weighted by atomic mass is 16.6. The minimum absolute atomic E-state index is 0.215. The fraction of sp³-hybridized carbons (Fsp3) is 0.533. The predicted octanol–water partition coefficient (Wildman–Crippen LogP) is 2.83. The number of aryl methyl sites for hydroxylation is 2. The van der Waals surface area contributed by atoms with Crippen molar-refractivity contribution in [2.24, 2.45) is 0 Å². The van der Waals surface area contributed by atoms with Gasteiger partial charge in [-0.2, -0.15) is 0 Å². The van der Waals surface area contributed by atoms with Gasteiger partial charge in [-0.1, -0.05) is 26.2 Å². The third kappa shape index (κ3) is 4.91. The van der Waals surface area contributed by atoms with Gasteiger partial charge < -0.3 is 10.1 Å². The monoisotopic (exact) mass is 307 g/mol. The van der Waals surface area contributed by atoms with Crippen molar-refractivity contribution in [3.8, 4) is 0 Å². The van der Waals surface area contributed by atoms with Crippen molar-refractivity contribution in [2.45, 2.75) is 52.9 Å². The molecular formula is C15H21N3O4. The molecule has 0 atom stereocenters. The molecule has 7 nitrogen and oxygen atoms in total. The molecule has 0 aliphatic rings. The zero-order valence-electron chi connectivity index (χ0n) is 13.1. The molecule has 0 spiro atoms. The number of hydrogen-bond donors (Lipinski definition) is 1. The first-order valence-corrected chi connectivity index (χ1v) is 7.33. The number of carbonyl (C=O) groups excluding carboxylic acids is 2. The standard InChI is InChI=1S/C15H21N3O4/c1-4-5-6-7-8-13(19)17-15(20)14-10(2)9-12(18(21)22)16-11(14)3/h9H,4-8H2,1-3H3,(H,17,19,20). The number of rotatable bonds is 7. The number of unbranched alkanes of at least 4 members (excludes halogenated alkanes) is 3. The van der Waals surface area contributed by atoms with E-state index >= 15 is 0 Å². The molecule has 22 heavy (non-hydrogen) atoms. The number of nitrogens with one attached hydrogen (secondary N) is 1. The lowest BCUT2D eigenvalue weighted by molar-refractivity contribution is -0.389. The smallest absolute Gasteiger partial charge is 0.358 e. The lowest BCUT2D eigenvalue weighted by Crippen LogP contribution is -2.31. The Labute approximate surface area is 129 Å². The van der Waals surface area contributed by atoms with E-state index in [1.165, 1.54) is 13.0 Å². The van der Waals surface area contributed by atoms with Gasteiger partial charge >= 0.3 is 5.82 Å². The zero-order valence-corrected chi connectivity index (χ0v) is 13.1. The number of amides is 2. The lowest BCUT2D eigenvalue weighted by atomic mass is 10.1. The first kappa shape index (κ1) is 17.7. The molecule has 0 bridgehead atoms.